The predicted octanol–water partition coefficient (Wildman–Crippen LogP) is 3.49. The molecule has 0 bridgehead atoms. The number of amides is 1. The van der Waals surface area contributed by atoms with E-state index in [2.05, 4.69) is 5.32 Å². The van der Waals surface area contributed by atoms with Gasteiger partial charge in [0.1, 0.15) is 10.6 Å². The summed E-state index contributed by atoms with van der Waals surface area (Å²) in [5.41, 5.74) is 0.576. The van der Waals surface area contributed by atoms with E-state index in [1.165, 1.54) is 34.9 Å². The van der Waals surface area contributed by atoms with Gasteiger partial charge in [-0.1, -0.05) is 0 Å². The molecule has 32 heavy (non-hydrogen) atoms. The van der Waals surface area contributed by atoms with Crippen LogP contribution in [-0.4, -0.2) is 51.4 Å². The van der Waals surface area contributed by atoms with Crippen molar-refractivity contribution in [3.05, 3.63) is 53.4 Å². The molecule has 0 saturated carbocycles. The molecular formula is C22H22N2O6S2. The molecule has 4 rings (SSSR count). The lowest BCUT2D eigenvalue weighted by Gasteiger charge is -2.15. The van der Waals surface area contributed by atoms with Gasteiger partial charge in [0, 0.05) is 23.5 Å². The number of benzene rings is 2. The van der Waals surface area contributed by atoms with Crippen LogP contribution < -0.4 is 10.1 Å². The number of anilines is 1. The lowest BCUT2D eigenvalue weighted by molar-refractivity contribution is -0.118. The molecule has 1 saturated heterocycles. The number of carbonyl (C=O) groups is 2. The lowest BCUT2D eigenvalue weighted by Crippen LogP contribution is -2.27. The smallest absolute Gasteiger partial charge is 0.348 e. The molecule has 0 atom stereocenters. The van der Waals surface area contributed by atoms with E-state index < -0.39 is 16.0 Å². The molecule has 3 aromatic rings. The van der Waals surface area contributed by atoms with E-state index in [9.17, 15) is 18.0 Å². The Morgan fingerprint density at radius 1 is 1.06 bits per heavy atom. The monoisotopic (exact) mass is 474 g/mol. The molecule has 0 unspecified atom stereocenters. The highest BCUT2D eigenvalue weighted by molar-refractivity contribution is 7.89. The molecule has 168 valence electrons. The van der Waals surface area contributed by atoms with Crippen LogP contribution in [0, 0.1) is 0 Å². The fourth-order valence-electron chi connectivity index (χ4n) is 3.45. The summed E-state index contributed by atoms with van der Waals surface area (Å²) in [4.78, 5) is 24.7. The van der Waals surface area contributed by atoms with Crippen molar-refractivity contribution in [3.63, 3.8) is 0 Å². The molecule has 1 fully saturated rings. The first-order valence-corrected chi connectivity index (χ1v) is 12.3. The number of rotatable bonds is 7. The second kappa shape index (κ2) is 9.27. The van der Waals surface area contributed by atoms with Crippen LogP contribution in [0.2, 0.25) is 0 Å². The second-order valence-corrected chi connectivity index (χ2v) is 10.3. The Bertz CT molecular complexity index is 1250. The largest absolute Gasteiger partial charge is 0.484 e. The zero-order valence-corrected chi connectivity index (χ0v) is 19.0. The summed E-state index contributed by atoms with van der Waals surface area (Å²) in [6, 6.07) is 13.1. The number of methoxy groups -OCH3 is 1. The summed E-state index contributed by atoms with van der Waals surface area (Å²) in [7, 11) is -2.15. The number of ether oxygens (including phenoxy) is 2. The lowest BCUT2D eigenvalue weighted by atomic mass is 10.2. The van der Waals surface area contributed by atoms with Crippen LogP contribution in [0.3, 0.4) is 0 Å². The van der Waals surface area contributed by atoms with Gasteiger partial charge in [-0.3, -0.25) is 4.79 Å². The van der Waals surface area contributed by atoms with Gasteiger partial charge >= 0.3 is 5.97 Å². The Kier molecular flexibility index (Phi) is 6.45. The van der Waals surface area contributed by atoms with E-state index >= 15 is 0 Å². The van der Waals surface area contributed by atoms with E-state index in [0.717, 1.165) is 22.9 Å². The molecule has 0 aliphatic carbocycles. The summed E-state index contributed by atoms with van der Waals surface area (Å²) < 4.78 is 37.7. The molecule has 8 nitrogen and oxygen atoms in total. The van der Waals surface area contributed by atoms with Crippen LogP contribution in [0.1, 0.15) is 22.5 Å². The molecule has 10 heteroatoms. The molecule has 0 radical (unpaired) electrons. The number of hydrogen-bond acceptors (Lipinski definition) is 7. The van der Waals surface area contributed by atoms with Gasteiger partial charge in [-0.15, -0.1) is 11.3 Å². The van der Waals surface area contributed by atoms with Crippen molar-refractivity contribution in [1.29, 1.82) is 0 Å². The number of thiophene rings is 1. The Hall–Kier alpha value is -2.95. The molecule has 1 N–H and O–H groups in total. The van der Waals surface area contributed by atoms with Crippen molar-refractivity contribution in [3.8, 4) is 5.75 Å². The predicted molar refractivity (Wildman–Crippen MR) is 122 cm³/mol. The van der Waals surface area contributed by atoms with Crippen molar-refractivity contribution < 1.29 is 27.5 Å². The minimum absolute atomic E-state index is 0.214. The summed E-state index contributed by atoms with van der Waals surface area (Å²) in [5, 5.41) is 3.57. The molecule has 1 aromatic heterocycles. The average molecular weight is 475 g/mol. The number of carbonyl (C=O) groups excluding carboxylic acids is 2. The first-order valence-electron chi connectivity index (χ1n) is 10.0. The molecular weight excluding hydrogens is 452 g/mol. The third kappa shape index (κ3) is 4.77. The minimum Gasteiger partial charge on any atom is -0.484 e. The maximum absolute atomic E-state index is 12.6. The highest BCUT2D eigenvalue weighted by atomic mass is 32.2. The van der Waals surface area contributed by atoms with Gasteiger partial charge in [0.05, 0.1) is 12.0 Å². The fourth-order valence-corrected chi connectivity index (χ4v) is 5.93. The van der Waals surface area contributed by atoms with E-state index in [1.807, 2.05) is 6.07 Å². The highest BCUT2D eigenvalue weighted by Gasteiger charge is 2.27. The van der Waals surface area contributed by atoms with E-state index in [-0.39, 0.29) is 17.4 Å². The van der Waals surface area contributed by atoms with Crippen molar-refractivity contribution in [1.82, 2.24) is 4.31 Å². The molecule has 2 heterocycles. The van der Waals surface area contributed by atoms with Gasteiger partial charge in [-0.05, 0) is 66.8 Å². The van der Waals surface area contributed by atoms with E-state index in [4.69, 9.17) is 9.47 Å². The normalized spacial score (nSPS) is 14.4. The number of sulfonamides is 1. The van der Waals surface area contributed by atoms with Crippen LogP contribution in [-0.2, 0) is 19.6 Å². The Labute approximate surface area is 189 Å². The Morgan fingerprint density at radius 3 is 2.47 bits per heavy atom. The summed E-state index contributed by atoms with van der Waals surface area (Å²) in [5.74, 6) is -0.359. The van der Waals surface area contributed by atoms with Crippen LogP contribution in [0.4, 0.5) is 5.69 Å². The van der Waals surface area contributed by atoms with Crippen molar-refractivity contribution in [2.24, 2.45) is 0 Å². The van der Waals surface area contributed by atoms with Crippen LogP contribution in [0.15, 0.2) is 53.4 Å². The maximum Gasteiger partial charge on any atom is 0.348 e. The summed E-state index contributed by atoms with van der Waals surface area (Å²) in [6.45, 7) is 0.858. The van der Waals surface area contributed by atoms with Crippen molar-refractivity contribution >= 4 is 49.0 Å². The first-order chi connectivity index (χ1) is 15.4. The standard InChI is InChI=1S/C22H22N2O6S2/c1-29-22(26)20-13-15-12-16(4-9-19(15)31-20)23-21(25)14-30-17-5-7-18(8-6-17)32(27,28)24-10-2-3-11-24/h4-9,12-13H,2-3,10-11,14H2,1H3,(H,23,25). The number of esters is 1. The molecule has 1 aliphatic heterocycles. The zero-order valence-electron chi connectivity index (χ0n) is 17.4. The minimum atomic E-state index is -3.48. The van der Waals surface area contributed by atoms with Gasteiger partial charge in [0.15, 0.2) is 6.61 Å². The number of hydrogen-bond donors (Lipinski definition) is 1. The molecule has 2 aromatic carbocycles. The van der Waals surface area contributed by atoms with Gasteiger partial charge in [0.2, 0.25) is 10.0 Å². The quantitative estimate of drug-likeness (QED) is 0.526. The average Bonchev–Trinajstić information content (AvgIpc) is 3.48. The van der Waals surface area contributed by atoms with Crippen LogP contribution in [0.25, 0.3) is 10.1 Å². The Morgan fingerprint density at radius 2 is 1.78 bits per heavy atom. The van der Waals surface area contributed by atoms with Crippen molar-refractivity contribution in [2.75, 3.05) is 32.1 Å². The Balaban J connectivity index is 1.35. The van der Waals surface area contributed by atoms with Gasteiger partial charge in [0.25, 0.3) is 5.91 Å². The molecule has 0 spiro atoms. The topological polar surface area (TPSA) is 102 Å². The number of nitrogens with zero attached hydrogens (tertiary/aromatic N) is 1. The summed E-state index contributed by atoms with van der Waals surface area (Å²) in [6.07, 6.45) is 1.75. The SMILES string of the molecule is COC(=O)c1cc2cc(NC(=O)COc3ccc(S(=O)(=O)N4CCCC4)cc3)ccc2s1. The molecule has 1 amide bonds. The van der Waals surface area contributed by atoms with Crippen LogP contribution >= 0.6 is 11.3 Å². The van der Waals surface area contributed by atoms with Gasteiger partial charge < -0.3 is 14.8 Å². The zero-order chi connectivity index (χ0) is 22.7. The number of fused-ring (bicyclic) bond motifs is 1. The van der Waals surface area contributed by atoms with Gasteiger partial charge in [-0.25, -0.2) is 13.2 Å². The number of nitrogens with one attached hydrogen (secondary N) is 1. The van der Waals surface area contributed by atoms with Gasteiger partial charge in [-0.2, -0.15) is 4.31 Å². The fraction of sp³-hybridized carbons (Fsp3) is 0.273. The van der Waals surface area contributed by atoms with Crippen LogP contribution in [0.5, 0.6) is 5.75 Å². The second-order valence-electron chi connectivity index (χ2n) is 7.27. The maximum atomic E-state index is 12.6. The van der Waals surface area contributed by atoms with Crippen molar-refractivity contribution in [2.45, 2.75) is 17.7 Å². The molecule has 1 aliphatic rings. The van der Waals surface area contributed by atoms with E-state index in [1.54, 1.807) is 30.3 Å². The third-order valence-electron chi connectivity index (χ3n) is 5.08. The van der Waals surface area contributed by atoms with E-state index in [0.29, 0.717) is 29.4 Å². The first kappa shape index (κ1) is 22.3. The summed E-state index contributed by atoms with van der Waals surface area (Å²) >= 11 is 1.32. The highest BCUT2D eigenvalue weighted by Crippen LogP contribution is 2.29. The third-order valence-corrected chi connectivity index (χ3v) is 8.09.